The van der Waals surface area contributed by atoms with Gasteiger partial charge >= 0.3 is 5.97 Å². The first-order valence-corrected chi connectivity index (χ1v) is 6.53. The maximum atomic E-state index is 10.8. The summed E-state index contributed by atoms with van der Waals surface area (Å²) in [6.45, 7) is 5.23. The fraction of sp³-hybridized carbons (Fsp3) is 0.500. The lowest BCUT2D eigenvalue weighted by Gasteiger charge is -2.35. The van der Waals surface area contributed by atoms with Crippen molar-refractivity contribution in [2.45, 2.75) is 25.8 Å². The molecule has 1 heterocycles. The van der Waals surface area contributed by atoms with Crippen LogP contribution in [-0.4, -0.2) is 36.8 Å². The van der Waals surface area contributed by atoms with Crippen molar-refractivity contribution in [1.29, 1.82) is 0 Å². The number of carboxylic acid groups (broad SMARTS) is 1. The zero-order chi connectivity index (χ0) is 13.0. The molecule has 0 unspecified atom stereocenters. The molecular weight excluding hydrogens is 228 g/mol. The minimum absolute atomic E-state index is 0.347. The van der Waals surface area contributed by atoms with Crippen LogP contribution in [0.25, 0.3) is 0 Å². The Morgan fingerprint density at radius 2 is 1.94 bits per heavy atom. The van der Waals surface area contributed by atoms with Gasteiger partial charge in [-0.3, -0.25) is 0 Å². The first-order valence-electron chi connectivity index (χ1n) is 6.53. The molecule has 0 saturated carbocycles. The maximum Gasteiger partial charge on any atom is 0.335 e. The number of hydrogen-bond donors (Lipinski definition) is 2. The Hall–Kier alpha value is -1.55. The molecule has 0 amide bonds. The van der Waals surface area contributed by atoms with Crippen molar-refractivity contribution in [1.82, 2.24) is 5.32 Å². The van der Waals surface area contributed by atoms with Gasteiger partial charge in [0, 0.05) is 18.3 Å². The van der Waals surface area contributed by atoms with E-state index in [-0.39, 0.29) is 0 Å². The number of nitrogens with zero attached hydrogens (tertiary/aromatic N) is 1. The SMILES string of the molecule is CCN(c1ccc(C(=O)O)cc1)C1CCNCC1. The van der Waals surface area contributed by atoms with Crippen LogP contribution in [0.1, 0.15) is 30.1 Å². The number of nitrogens with one attached hydrogen (secondary N) is 1. The molecule has 1 aromatic carbocycles. The normalized spacial score (nSPS) is 16.5. The molecule has 1 aliphatic rings. The maximum absolute atomic E-state index is 10.8. The van der Waals surface area contributed by atoms with Crippen LogP contribution >= 0.6 is 0 Å². The van der Waals surface area contributed by atoms with Crippen LogP contribution in [0, 0.1) is 0 Å². The van der Waals surface area contributed by atoms with Gasteiger partial charge in [-0.25, -0.2) is 4.79 Å². The van der Waals surface area contributed by atoms with E-state index in [2.05, 4.69) is 17.1 Å². The number of anilines is 1. The largest absolute Gasteiger partial charge is 0.478 e. The zero-order valence-corrected chi connectivity index (χ0v) is 10.7. The molecule has 0 bridgehead atoms. The second kappa shape index (κ2) is 5.87. The third-order valence-corrected chi connectivity index (χ3v) is 3.54. The Morgan fingerprint density at radius 3 is 2.44 bits per heavy atom. The molecule has 0 spiro atoms. The van der Waals surface area contributed by atoms with Gasteiger partial charge < -0.3 is 15.3 Å². The van der Waals surface area contributed by atoms with Crippen LogP contribution in [-0.2, 0) is 0 Å². The summed E-state index contributed by atoms with van der Waals surface area (Å²) < 4.78 is 0. The van der Waals surface area contributed by atoms with Crippen LogP contribution in [0.15, 0.2) is 24.3 Å². The molecular formula is C14H20N2O2. The highest BCUT2D eigenvalue weighted by atomic mass is 16.4. The number of rotatable bonds is 4. The lowest BCUT2D eigenvalue weighted by Crippen LogP contribution is -2.43. The van der Waals surface area contributed by atoms with Crippen molar-refractivity contribution in [3.05, 3.63) is 29.8 Å². The van der Waals surface area contributed by atoms with Gasteiger partial charge in [0.2, 0.25) is 0 Å². The molecule has 18 heavy (non-hydrogen) atoms. The summed E-state index contributed by atoms with van der Waals surface area (Å²) >= 11 is 0. The number of benzene rings is 1. The van der Waals surface area contributed by atoms with E-state index in [9.17, 15) is 4.79 Å². The monoisotopic (exact) mass is 248 g/mol. The van der Waals surface area contributed by atoms with E-state index in [4.69, 9.17) is 5.11 Å². The summed E-state index contributed by atoms with van der Waals surface area (Å²) in [5.41, 5.74) is 1.47. The van der Waals surface area contributed by atoms with Crippen LogP contribution in [0.2, 0.25) is 0 Å². The van der Waals surface area contributed by atoms with E-state index in [1.807, 2.05) is 12.1 Å². The highest BCUT2D eigenvalue weighted by Gasteiger charge is 2.20. The first kappa shape index (κ1) is 12.9. The molecule has 0 aromatic heterocycles. The molecule has 0 aliphatic carbocycles. The lowest BCUT2D eigenvalue weighted by atomic mass is 10.0. The van der Waals surface area contributed by atoms with Gasteiger partial charge in [-0.1, -0.05) is 0 Å². The summed E-state index contributed by atoms with van der Waals surface area (Å²) in [6, 6.07) is 7.75. The molecule has 2 rings (SSSR count). The molecule has 1 aliphatic heterocycles. The summed E-state index contributed by atoms with van der Waals surface area (Å²) in [5.74, 6) is -0.869. The van der Waals surface area contributed by atoms with Crippen LogP contribution in [0.5, 0.6) is 0 Å². The Morgan fingerprint density at radius 1 is 1.33 bits per heavy atom. The zero-order valence-electron chi connectivity index (χ0n) is 10.7. The smallest absolute Gasteiger partial charge is 0.335 e. The molecule has 4 nitrogen and oxygen atoms in total. The highest BCUT2D eigenvalue weighted by molar-refractivity contribution is 5.88. The van der Waals surface area contributed by atoms with Gasteiger partial charge in [-0.05, 0) is 57.1 Å². The molecule has 0 atom stereocenters. The van der Waals surface area contributed by atoms with E-state index >= 15 is 0 Å². The van der Waals surface area contributed by atoms with E-state index in [0.717, 1.165) is 38.2 Å². The predicted molar refractivity (Wildman–Crippen MR) is 72.3 cm³/mol. The van der Waals surface area contributed by atoms with Crippen LogP contribution in [0.3, 0.4) is 0 Å². The number of aromatic carboxylic acids is 1. The van der Waals surface area contributed by atoms with Gasteiger partial charge in [0.25, 0.3) is 0 Å². The van der Waals surface area contributed by atoms with E-state index < -0.39 is 5.97 Å². The van der Waals surface area contributed by atoms with Crippen LogP contribution < -0.4 is 10.2 Å². The third-order valence-electron chi connectivity index (χ3n) is 3.54. The van der Waals surface area contributed by atoms with E-state index in [1.54, 1.807) is 12.1 Å². The summed E-state index contributed by atoms with van der Waals surface area (Å²) in [7, 11) is 0. The highest BCUT2D eigenvalue weighted by Crippen LogP contribution is 2.22. The van der Waals surface area contributed by atoms with Crippen molar-refractivity contribution in [2.24, 2.45) is 0 Å². The van der Waals surface area contributed by atoms with Gasteiger partial charge in [-0.2, -0.15) is 0 Å². The molecule has 1 fully saturated rings. The standard InChI is InChI=1S/C14H20N2O2/c1-2-16(13-7-9-15-10-8-13)12-5-3-11(4-6-12)14(17)18/h3-6,13,15H,2,7-10H2,1H3,(H,17,18). The Kier molecular flexibility index (Phi) is 4.20. The minimum atomic E-state index is -0.869. The van der Waals surface area contributed by atoms with Gasteiger partial charge in [0.15, 0.2) is 0 Å². The van der Waals surface area contributed by atoms with Crippen molar-refractivity contribution in [3.63, 3.8) is 0 Å². The van der Waals surface area contributed by atoms with Crippen molar-refractivity contribution in [3.8, 4) is 0 Å². The predicted octanol–water partition coefficient (Wildman–Crippen LogP) is 1.96. The second-order valence-electron chi connectivity index (χ2n) is 4.62. The third kappa shape index (κ3) is 2.82. The van der Waals surface area contributed by atoms with Crippen molar-refractivity contribution in [2.75, 3.05) is 24.5 Å². The average Bonchev–Trinajstić information content (AvgIpc) is 2.41. The fourth-order valence-electron chi connectivity index (χ4n) is 2.57. The van der Waals surface area contributed by atoms with Crippen LogP contribution in [0.4, 0.5) is 5.69 Å². The molecule has 1 saturated heterocycles. The topological polar surface area (TPSA) is 52.6 Å². The van der Waals surface area contributed by atoms with E-state index in [1.165, 1.54) is 0 Å². The van der Waals surface area contributed by atoms with Crippen molar-refractivity contribution >= 4 is 11.7 Å². The summed E-state index contributed by atoms with van der Waals surface area (Å²) in [4.78, 5) is 13.2. The summed E-state index contributed by atoms with van der Waals surface area (Å²) in [5, 5.41) is 12.3. The second-order valence-corrected chi connectivity index (χ2v) is 4.62. The molecule has 98 valence electrons. The van der Waals surface area contributed by atoms with Gasteiger partial charge in [0.1, 0.15) is 0 Å². The average molecular weight is 248 g/mol. The van der Waals surface area contributed by atoms with E-state index in [0.29, 0.717) is 11.6 Å². The lowest BCUT2D eigenvalue weighted by molar-refractivity contribution is 0.0697. The Labute approximate surface area is 108 Å². The molecule has 0 radical (unpaired) electrons. The molecule has 1 aromatic rings. The Bertz CT molecular complexity index is 397. The number of hydrogen-bond acceptors (Lipinski definition) is 3. The molecule has 2 N–H and O–H groups in total. The van der Waals surface area contributed by atoms with Crippen molar-refractivity contribution < 1.29 is 9.90 Å². The molecule has 4 heteroatoms. The summed E-state index contributed by atoms with van der Waals surface area (Å²) in [6.07, 6.45) is 2.29. The van der Waals surface area contributed by atoms with Gasteiger partial charge in [-0.15, -0.1) is 0 Å². The minimum Gasteiger partial charge on any atom is -0.478 e. The first-order chi connectivity index (χ1) is 8.72. The quantitative estimate of drug-likeness (QED) is 0.855. The number of carboxylic acids is 1. The fourth-order valence-corrected chi connectivity index (χ4v) is 2.57. The van der Waals surface area contributed by atoms with Gasteiger partial charge in [0.05, 0.1) is 5.56 Å². The number of piperidine rings is 1. The Balaban J connectivity index is 2.13. The number of carbonyl (C=O) groups is 1.